The van der Waals surface area contributed by atoms with Crippen LogP contribution in [0.2, 0.25) is 10.0 Å². The van der Waals surface area contributed by atoms with Crippen molar-refractivity contribution < 1.29 is 4.79 Å². The van der Waals surface area contributed by atoms with Crippen molar-refractivity contribution in [1.82, 2.24) is 10.3 Å². The van der Waals surface area contributed by atoms with Gasteiger partial charge in [0.05, 0.1) is 33.1 Å². The van der Waals surface area contributed by atoms with Gasteiger partial charge in [0.2, 0.25) is 0 Å². The standard InChI is InChI=1S/C14H11Cl2N3O/c1-14(2)7(5-17)9-6-3-4-8(15)10(16)11(6)18-12(9)13(20)19-14/h3-4,7,18H,1-2H3,(H,19,20). The van der Waals surface area contributed by atoms with E-state index in [2.05, 4.69) is 16.4 Å². The first kappa shape index (κ1) is 13.3. The fourth-order valence-corrected chi connectivity index (χ4v) is 3.09. The van der Waals surface area contributed by atoms with Crippen LogP contribution in [-0.2, 0) is 0 Å². The van der Waals surface area contributed by atoms with Gasteiger partial charge < -0.3 is 10.3 Å². The lowest BCUT2D eigenvalue weighted by atomic mass is 9.78. The van der Waals surface area contributed by atoms with E-state index >= 15 is 0 Å². The Kier molecular flexibility index (Phi) is 2.75. The van der Waals surface area contributed by atoms with E-state index in [0.717, 1.165) is 5.39 Å². The van der Waals surface area contributed by atoms with Crippen LogP contribution < -0.4 is 5.32 Å². The van der Waals surface area contributed by atoms with E-state index < -0.39 is 11.5 Å². The molecule has 1 aliphatic rings. The fraction of sp³-hybridized carbons (Fsp3) is 0.286. The topological polar surface area (TPSA) is 68.7 Å². The Bertz CT molecular complexity index is 786. The van der Waals surface area contributed by atoms with Crippen molar-refractivity contribution in [2.75, 3.05) is 0 Å². The third-order valence-electron chi connectivity index (χ3n) is 3.71. The monoisotopic (exact) mass is 307 g/mol. The second-order valence-electron chi connectivity index (χ2n) is 5.44. The summed E-state index contributed by atoms with van der Waals surface area (Å²) in [7, 11) is 0. The van der Waals surface area contributed by atoms with Crippen molar-refractivity contribution >= 4 is 40.0 Å². The molecule has 1 aromatic carbocycles. The van der Waals surface area contributed by atoms with Gasteiger partial charge in [0.15, 0.2) is 0 Å². The maximum atomic E-state index is 12.2. The Morgan fingerprint density at radius 2 is 2.05 bits per heavy atom. The first-order valence-electron chi connectivity index (χ1n) is 6.08. The molecule has 6 heteroatoms. The predicted octanol–water partition coefficient (Wildman–Crippen LogP) is 3.60. The quantitative estimate of drug-likeness (QED) is 0.780. The SMILES string of the molecule is CC1(C)NC(=O)c2[nH]c3c(Cl)c(Cl)ccc3c2C1C#N. The van der Waals surface area contributed by atoms with Crippen molar-refractivity contribution in [1.29, 1.82) is 5.26 Å². The van der Waals surface area contributed by atoms with Gasteiger partial charge in [-0.15, -0.1) is 0 Å². The van der Waals surface area contributed by atoms with Crippen LogP contribution in [0.3, 0.4) is 0 Å². The number of hydrogen-bond acceptors (Lipinski definition) is 2. The number of nitriles is 1. The molecule has 1 unspecified atom stereocenters. The lowest BCUT2D eigenvalue weighted by molar-refractivity contribution is 0.0885. The van der Waals surface area contributed by atoms with Crippen LogP contribution in [0.25, 0.3) is 10.9 Å². The number of fused-ring (bicyclic) bond motifs is 3. The van der Waals surface area contributed by atoms with E-state index in [1.165, 1.54) is 0 Å². The number of carbonyl (C=O) groups is 1. The van der Waals surface area contributed by atoms with Gasteiger partial charge in [-0.1, -0.05) is 29.3 Å². The zero-order valence-corrected chi connectivity index (χ0v) is 12.4. The number of amides is 1. The summed E-state index contributed by atoms with van der Waals surface area (Å²) >= 11 is 12.2. The van der Waals surface area contributed by atoms with Gasteiger partial charge in [-0.05, 0) is 19.9 Å². The molecular formula is C14H11Cl2N3O. The number of aromatic nitrogens is 1. The van der Waals surface area contributed by atoms with Crippen molar-refractivity contribution in [3.63, 3.8) is 0 Å². The Labute approximate surface area is 125 Å². The van der Waals surface area contributed by atoms with Gasteiger partial charge >= 0.3 is 0 Å². The molecule has 102 valence electrons. The lowest BCUT2D eigenvalue weighted by Gasteiger charge is -2.35. The largest absolute Gasteiger partial charge is 0.349 e. The number of carbonyl (C=O) groups excluding carboxylic acids is 1. The summed E-state index contributed by atoms with van der Waals surface area (Å²) in [6.45, 7) is 3.66. The summed E-state index contributed by atoms with van der Waals surface area (Å²) in [5.74, 6) is -0.693. The van der Waals surface area contributed by atoms with Crippen LogP contribution in [0.1, 0.15) is 35.8 Å². The van der Waals surface area contributed by atoms with Crippen molar-refractivity contribution in [3.8, 4) is 6.07 Å². The summed E-state index contributed by atoms with van der Waals surface area (Å²) in [5, 5.41) is 13.9. The number of rotatable bonds is 0. The summed E-state index contributed by atoms with van der Waals surface area (Å²) in [6.07, 6.45) is 0. The Morgan fingerprint density at radius 3 is 2.70 bits per heavy atom. The number of hydrogen-bond donors (Lipinski definition) is 2. The van der Waals surface area contributed by atoms with Gasteiger partial charge in [0, 0.05) is 10.9 Å². The van der Waals surface area contributed by atoms with Crippen molar-refractivity contribution in [3.05, 3.63) is 33.4 Å². The minimum Gasteiger partial charge on any atom is -0.349 e. The molecule has 2 aromatic rings. The smallest absolute Gasteiger partial charge is 0.268 e. The maximum Gasteiger partial charge on any atom is 0.268 e. The molecule has 1 aromatic heterocycles. The van der Waals surface area contributed by atoms with E-state index in [4.69, 9.17) is 23.2 Å². The predicted molar refractivity (Wildman–Crippen MR) is 78.2 cm³/mol. The molecule has 2 N–H and O–H groups in total. The Morgan fingerprint density at radius 1 is 1.35 bits per heavy atom. The first-order valence-corrected chi connectivity index (χ1v) is 6.84. The molecule has 1 atom stereocenters. The third-order valence-corrected chi connectivity index (χ3v) is 4.51. The molecule has 4 nitrogen and oxygen atoms in total. The summed E-state index contributed by atoms with van der Waals surface area (Å²) in [5.41, 5.74) is 1.03. The van der Waals surface area contributed by atoms with Crippen LogP contribution in [-0.4, -0.2) is 16.4 Å². The normalized spacial score (nSPS) is 20.4. The number of benzene rings is 1. The van der Waals surface area contributed by atoms with Gasteiger partial charge in [0.25, 0.3) is 5.91 Å². The zero-order valence-electron chi connectivity index (χ0n) is 10.8. The minimum atomic E-state index is -0.639. The van der Waals surface area contributed by atoms with Gasteiger partial charge in [-0.25, -0.2) is 0 Å². The van der Waals surface area contributed by atoms with Crippen LogP contribution in [0.4, 0.5) is 0 Å². The summed E-state index contributed by atoms with van der Waals surface area (Å²) in [4.78, 5) is 15.2. The molecule has 2 heterocycles. The van der Waals surface area contributed by atoms with Crippen LogP contribution >= 0.6 is 23.2 Å². The molecule has 3 rings (SSSR count). The molecule has 0 radical (unpaired) electrons. The second kappa shape index (κ2) is 4.15. The van der Waals surface area contributed by atoms with Crippen LogP contribution in [0.15, 0.2) is 12.1 Å². The summed E-state index contributed by atoms with van der Waals surface area (Å²) < 4.78 is 0. The number of nitrogens with zero attached hydrogens (tertiary/aromatic N) is 1. The summed E-state index contributed by atoms with van der Waals surface area (Å²) in [6, 6.07) is 5.74. The third kappa shape index (κ3) is 1.64. The lowest BCUT2D eigenvalue weighted by Crippen LogP contribution is -2.51. The molecule has 0 spiro atoms. The molecule has 1 amide bonds. The average Bonchev–Trinajstić information content (AvgIpc) is 2.74. The van der Waals surface area contributed by atoms with Crippen molar-refractivity contribution in [2.24, 2.45) is 0 Å². The van der Waals surface area contributed by atoms with E-state index in [0.29, 0.717) is 26.8 Å². The Hall–Kier alpha value is -1.70. The van der Waals surface area contributed by atoms with E-state index in [9.17, 15) is 10.1 Å². The van der Waals surface area contributed by atoms with Crippen LogP contribution in [0, 0.1) is 11.3 Å². The minimum absolute atomic E-state index is 0.236. The average molecular weight is 308 g/mol. The van der Waals surface area contributed by atoms with Gasteiger partial charge in [-0.3, -0.25) is 4.79 Å². The van der Waals surface area contributed by atoms with E-state index in [-0.39, 0.29) is 5.91 Å². The molecule has 0 bridgehead atoms. The van der Waals surface area contributed by atoms with Crippen LogP contribution in [0.5, 0.6) is 0 Å². The fourth-order valence-electron chi connectivity index (χ4n) is 2.72. The Balaban J connectivity index is 2.42. The number of nitrogens with one attached hydrogen (secondary N) is 2. The maximum absolute atomic E-state index is 12.2. The molecule has 1 aliphatic heterocycles. The molecule has 20 heavy (non-hydrogen) atoms. The molecular weight excluding hydrogens is 297 g/mol. The molecule has 0 saturated carbocycles. The highest BCUT2D eigenvalue weighted by atomic mass is 35.5. The first-order chi connectivity index (χ1) is 9.36. The number of aromatic amines is 1. The highest BCUT2D eigenvalue weighted by molar-refractivity contribution is 6.45. The highest BCUT2D eigenvalue weighted by Gasteiger charge is 2.42. The molecule has 0 fully saturated rings. The zero-order chi connectivity index (χ0) is 14.7. The molecule has 0 aliphatic carbocycles. The van der Waals surface area contributed by atoms with Gasteiger partial charge in [-0.2, -0.15) is 5.26 Å². The second-order valence-corrected chi connectivity index (χ2v) is 6.22. The molecule has 0 saturated heterocycles. The van der Waals surface area contributed by atoms with E-state index in [1.807, 2.05) is 13.8 Å². The van der Waals surface area contributed by atoms with Gasteiger partial charge in [0.1, 0.15) is 5.69 Å². The highest BCUT2D eigenvalue weighted by Crippen LogP contribution is 2.42. The van der Waals surface area contributed by atoms with Crippen molar-refractivity contribution in [2.45, 2.75) is 25.3 Å². The van der Waals surface area contributed by atoms with E-state index in [1.54, 1.807) is 12.1 Å². The number of halogens is 2. The number of H-pyrrole nitrogens is 1.